The Bertz CT molecular complexity index is 1010. The average molecular weight is 469 g/mol. The maximum atomic E-state index is 13.0. The first-order valence-electron chi connectivity index (χ1n) is 10.5. The smallest absolute Gasteiger partial charge is 0.416 e. The maximum Gasteiger partial charge on any atom is 0.416 e. The molecule has 2 atom stereocenters. The Kier molecular flexibility index (Phi) is 7.25. The molecule has 3 rings (SSSR count). The van der Waals surface area contributed by atoms with Gasteiger partial charge < -0.3 is 25.0 Å². The molecule has 12 heteroatoms. The summed E-state index contributed by atoms with van der Waals surface area (Å²) >= 11 is 0. The van der Waals surface area contributed by atoms with Crippen LogP contribution in [0.3, 0.4) is 0 Å². The number of ether oxygens (including phenoxy) is 1. The topological polar surface area (TPSA) is 120 Å². The zero-order chi connectivity index (χ0) is 24.3. The van der Waals surface area contributed by atoms with Gasteiger partial charge in [0.25, 0.3) is 5.91 Å². The van der Waals surface area contributed by atoms with Crippen LogP contribution in [0.25, 0.3) is 11.2 Å². The van der Waals surface area contributed by atoms with Crippen molar-refractivity contribution in [2.75, 3.05) is 13.1 Å². The van der Waals surface area contributed by atoms with Crippen LogP contribution in [-0.2, 0) is 4.79 Å². The van der Waals surface area contributed by atoms with Crippen LogP contribution >= 0.6 is 0 Å². The van der Waals surface area contributed by atoms with Crippen LogP contribution < -0.4 is 10.1 Å². The Morgan fingerprint density at radius 3 is 2.61 bits per heavy atom. The second-order valence-corrected chi connectivity index (χ2v) is 8.18. The molecule has 1 aliphatic heterocycles. The lowest BCUT2D eigenvalue weighted by Gasteiger charge is -2.31. The SMILES string of the molecule is C=CC(=O)N1CCC(Oc2cnc3[nH]cc(C(=O)NC(C(C)C)C(O)C(F)(F)F)c3n2)CC1. The number of hydrogen-bond donors (Lipinski definition) is 3. The summed E-state index contributed by atoms with van der Waals surface area (Å²) in [4.78, 5) is 37.3. The molecule has 9 nitrogen and oxygen atoms in total. The molecular formula is C21H26F3N5O4. The van der Waals surface area contributed by atoms with Gasteiger partial charge in [-0.15, -0.1) is 0 Å². The predicted octanol–water partition coefficient (Wildman–Crippen LogP) is 2.19. The fraction of sp³-hybridized carbons (Fsp3) is 0.524. The molecule has 33 heavy (non-hydrogen) atoms. The summed E-state index contributed by atoms with van der Waals surface area (Å²) in [6.07, 6.45) is -2.72. The summed E-state index contributed by atoms with van der Waals surface area (Å²) in [6.45, 7) is 7.41. The van der Waals surface area contributed by atoms with Crippen LogP contribution in [0.4, 0.5) is 13.2 Å². The molecule has 0 saturated carbocycles. The number of aliphatic hydroxyl groups is 1. The molecule has 1 fully saturated rings. The molecule has 1 saturated heterocycles. The molecule has 2 amide bonds. The molecule has 0 bridgehead atoms. The van der Waals surface area contributed by atoms with Crippen LogP contribution in [0.5, 0.6) is 5.88 Å². The zero-order valence-electron chi connectivity index (χ0n) is 18.2. The van der Waals surface area contributed by atoms with Crippen molar-refractivity contribution in [3.05, 3.63) is 30.6 Å². The number of rotatable bonds is 7. The highest BCUT2D eigenvalue weighted by Gasteiger charge is 2.45. The van der Waals surface area contributed by atoms with Crippen molar-refractivity contribution in [1.29, 1.82) is 0 Å². The first-order chi connectivity index (χ1) is 15.5. The van der Waals surface area contributed by atoms with Crippen molar-refractivity contribution in [3.63, 3.8) is 0 Å². The average Bonchev–Trinajstić information content (AvgIpc) is 3.19. The number of carbonyl (C=O) groups is 2. The van der Waals surface area contributed by atoms with E-state index in [0.29, 0.717) is 25.9 Å². The number of alkyl halides is 3. The number of carbonyl (C=O) groups excluding carboxylic acids is 2. The second-order valence-electron chi connectivity index (χ2n) is 8.18. The van der Waals surface area contributed by atoms with Crippen LogP contribution in [0, 0.1) is 5.92 Å². The first-order valence-corrected chi connectivity index (χ1v) is 10.5. The van der Waals surface area contributed by atoms with Gasteiger partial charge in [0.05, 0.1) is 17.8 Å². The van der Waals surface area contributed by atoms with Crippen LogP contribution in [0.15, 0.2) is 25.0 Å². The predicted molar refractivity (Wildman–Crippen MR) is 112 cm³/mol. The third kappa shape index (κ3) is 5.62. The van der Waals surface area contributed by atoms with Crippen molar-refractivity contribution in [2.24, 2.45) is 5.92 Å². The van der Waals surface area contributed by atoms with E-state index in [0.717, 1.165) is 0 Å². The van der Waals surface area contributed by atoms with Crippen molar-refractivity contribution in [3.8, 4) is 5.88 Å². The van der Waals surface area contributed by atoms with Gasteiger partial charge in [-0.25, -0.2) is 9.97 Å². The van der Waals surface area contributed by atoms with E-state index in [9.17, 15) is 27.9 Å². The number of amides is 2. The summed E-state index contributed by atoms with van der Waals surface area (Å²) in [7, 11) is 0. The van der Waals surface area contributed by atoms with Gasteiger partial charge in [0.15, 0.2) is 11.8 Å². The fourth-order valence-corrected chi connectivity index (χ4v) is 3.64. The lowest BCUT2D eigenvalue weighted by molar-refractivity contribution is -0.214. The minimum absolute atomic E-state index is 0.0191. The largest absolute Gasteiger partial charge is 0.473 e. The van der Waals surface area contributed by atoms with E-state index in [1.54, 1.807) is 4.90 Å². The summed E-state index contributed by atoms with van der Waals surface area (Å²) in [5.41, 5.74) is 0.374. The monoisotopic (exact) mass is 469 g/mol. The summed E-state index contributed by atoms with van der Waals surface area (Å²) < 4.78 is 44.8. The minimum Gasteiger partial charge on any atom is -0.473 e. The number of halogens is 3. The Morgan fingerprint density at radius 2 is 2.03 bits per heavy atom. The van der Waals surface area contributed by atoms with Crippen LogP contribution in [-0.4, -0.2) is 74.3 Å². The molecule has 180 valence electrons. The quantitative estimate of drug-likeness (QED) is 0.535. The minimum atomic E-state index is -4.88. The number of hydrogen-bond acceptors (Lipinski definition) is 6. The van der Waals surface area contributed by atoms with E-state index < -0.39 is 30.1 Å². The third-order valence-electron chi connectivity index (χ3n) is 5.51. The normalized spacial score (nSPS) is 17.1. The molecule has 3 heterocycles. The van der Waals surface area contributed by atoms with Crippen molar-refractivity contribution in [2.45, 2.75) is 51.1 Å². The van der Waals surface area contributed by atoms with E-state index in [1.807, 2.05) is 0 Å². The number of nitrogens with one attached hydrogen (secondary N) is 2. The zero-order valence-corrected chi connectivity index (χ0v) is 18.2. The molecule has 2 unspecified atom stereocenters. The number of aromatic amines is 1. The number of fused-ring (bicyclic) bond motifs is 1. The highest BCUT2D eigenvalue weighted by atomic mass is 19.4. The van der Waals surface area contributed by atoms with Gasteiger partial charge in [0, 0.05) is 32.1 Å². The number of likely N-dealkylation sites (tertiary alicyclic amines) is 1. The molecule has 0 radical (unpaired) electrons. The van der Waals surface area contributed by atoms with Gasteiger partial charge in [-0.2, -0.15) is 13.2 Å². The Balaban J connectivity index is 1.73. The summed E-state index contributed by atoms with van der Waals surface area (Å²) in [6, 6.07) is -1.54. The van der Waals surface area contributed by atoms with Gasteiger partial charge in [0.2, 0.25) is 11.8 Å². The van der Waals surface area contributed by atoms with E-state index in [-0.39, 0.29) is 34.6 Å². The van der Waals surface area contributed by atoms with Crippen LogP contribution in [0.1, 0.15) is 37.0 Å². The molecule has 0 aromatic carbocycles. The summed E-state index contributed by atoms with van der Waals surface area (Å²) in [5, 5.41) is 11.9. The molecule has 1 aliphatic rings. The van der Waals surface area contributed by atoms with Crippen LogP contribution in [0.2, 0.25) is 0 Å². The summed E-state index contributed by atoms with van der Waals surface area (Å²) in [5.74, 6) is -1.50. The molecule has 2 aromatic rings. The number of H-pyrrole nitrogens is 1. The van der Waals surface area contributed by atoms with Crippen molar-refractivity contribution in [1.82, 2.24) is 25.2 Å². The van der Waals surface area contributed by atoms with Crippen molar-refractivity contribution < 1.29 is 32.6 Å². The number of piperidine rings is 1. The Morgan fingerprint density at radius 1 is 1.36 bits per heavy atom. The maximum absolute atomic E-state index is 13.0. The van der Waals surface area contributed by atoms with Crippen molar-refractivity contribution >= 4 is 23.0 Å². The highest BCUT2D eigenvalue weighted by molar-refractivity contribution is 6.04. The van der Waals surface area contributed by atoms with Gasteiger partial charge >= 0.3 is 6.18 Å². The third-order valence-corrected chi connectivity index (χ3v) is 5.51. The molecule has 0 aliphatic carbocycles. The van der Waals surface area contributed by atoms with Gasteiger partial charge in [-0.05, 0) is 12.0 Å². The molecular weight excluding hydrogens is 443 g/mol. The lowest BCUT2D eigenvalue weighted by atomic mass is 9.97. The van der Waals surface area contributed by atoms with E-state index in [4.69, 9.17) is 4.74 Å². The second kappa shape index (κ2) is 9.77. The lowest BCUT2D eigenvalue weighted by Crippen LogP contribution is -2.52. The Labute approximate surface area is 188 Å². The van der Waals surface area contributed by atoms with E-state index >= 15 is 0 Å². The van der Waals surface area contributed by atoms with Gasteiger partial charge in [-0.3, -0.25) is 9.59 Å². The highest BCUT2D eigenvalue weighted by Crippen LogP contribution is 2.26. The molecule has 2 aromatic heterocycles. The first kappa shape index (κ1) is 24.5. The molecule has 0 spiro atoms. The van der Waals surface area contributed by atoms with Gasteiger partial charge in [0.1, 0.15) is 11.6 Å². The number of aromatic nitrogens is 3. The Hall–Kier alpha value is -3.15. The number of nitrogens with zero attached hydrogens (tertiary/aromatic N) is 3. The fourth-order valence-electron chi connectivity index (χ4n) is 3.64. The van der Waals surface area contributed by atoms with E-state index in [2.05, 4.69) is 26.8 Å². The van der Waals surface area contributed by atoms with Gasteiger partial charge in [-0.1, -0.05) is 20.4 Å². The number of aliphatic hydroxyl groups excluding tert-OH is 1. The van der Waals surface area contributed by atoms with E-state index in [1.165, 1.54) is 32.3 Å². The molecule has 3 N–H and O–H groups in total. The standard InChI is InChI=1S/C21H26F3N5O4/c1-4-15(30)29-7-5-12(6-8-29)33-14-10-26-19-17(27-14)13(9-25-19)20(32)28-16(11(2)3)18(31)21(22,23)24/h4,9-12,16,18,31H,1,5-8H2,2-3H3,(H,25,26)(H,28,32).